The third-order valence-electron chi connectivity index (χ3n) is 4.46. The van der Waals surface area contributed by atoms with Crippen molar-refractivity contribution in [3.63, 3.8) is 0 Å². The monoisotopic (exact) mass is 195 g/mol. The fourth-order valence-electron chi connectivity index (χ4n) is 3.18. The van der Waals surface area contributed by atoms with E-state index in [9.17, 15) is 0 Å². The molecule has 2 fully saturated rings. The zero-order chi connectivity index (χ0) is 10.2. The van der Waals surface area contributed by atoms with Crippen LogP contribution in [0.25, 0.3) is 0 Å². The van der Waals surface area contributed by atoms with E-state index in [1.807, 2.05) is 0 Å². The smallest absolute Gasteiger partial charge is 0.00723 e. The first-order chi connectivity index (χ1) is 6.59. The molecule has 0 aromatic rings. The van der Waals surface area contributed by atoms with Crippen molar-refractivity contribution in [3.05, 3.63) is 0 Å². The molecular weight excluding hydrogens is 170 g/mol. The maximum atomic E-state index is 6.33. The predicted octanol–water partition coefficient (Wildman–Crippen LogP) is 3.33. The molecule has 1 nitrogen and oxygen atoms in total. The van der Waals surface area contributed by atoms with E-state index in [4.69, 9.17) is 5.73 Å². The summed E-state index contributed by atoms with van der Waals surface area (Å²) in [5, 5.41) is 0. The Morgan fingerprint density at radius 1 is 1.29 bits per heavy atom. The van der Waals surface area contributed by atoms with E-state index in [1.54, 1.807) is 0 Å². The van der Waals surface area contributed by atoms with Crippen LogP contribution >= 0.6 is 0 Å². The van der Waals surface area contributed by atoms with Crippen molar-refractivity contribution in [2.24, 2.45) is 23.0 Å². The minimum absolute atomic E-state index is 0.480. The number of nitrogens with two attached hydrogens (primary N) is 1. The second-order valence-corrected chi connectivity index (χ2v) is 6.17. The van der Waals surface area contributed by atoms with Crippen molar-refractivity contribution >= 4 is 0 Å². The molecule has 0 aromatic heterocycles. The molecule has 14 heavy (non-hydrogen) atoms. The van der Waals surface area contributed by atoms with Crippen LogP contribution in [0.4, 0.5) is 0 Å². The van der Waals surface area contributed by atoms with E-state index in [2.05, 4.69) is 13.8 Å². The van der Waals surface area contributed by atoms with Gasteiger partial charge >= 0.3 is 0 Å². The first kappa shape index (κ1) is 10.5. The van der Waals surface area contributed by atoms with E-state index in [0.29, 0.717) is 11.5 Å². The van der Waals surface area contributed by atoms with Crippen LogP contribution in [0.15, 0.2) is 0 Å². The highest BCUT2D eigenvalue weighted by Gasteiger charge is 2.38. The molecule has 0 spiro atoms. The van der Waals surface area contributed by atoms with Gasteiger partial charge in [0.05, 0.1) is 0 Å². The van der Waals surface area contributed by atoms with Gasteiger partial charge in [-0.15, -0.1) is 0 Å². The summed E-state index contributed by atoms with van der Waals surface area (Å²) in [5.74, 6) is 1.84. The minimum Gasteiger partial charge on any atom is -0.327 e. The van der Waals surface area contributed by atoms with Crippen LogP contribution < -0.4 is 5.73 Å². The molecule has 2 atom stereocenters. The Labute approximate surface area is 88.4 Å². The Bertz CT molecular complexity index is 193. The van der Waals surface area contributed by atoms with Gasteiger partial charge in [-0.3, -0.25) is 0 Å². The lowest BCUT2D eigenvalue weighted by Crippen LogP contribution is -2.36. The molecule has 2 saturated carbocycles. The summed E-state index contributed by atoms with van der Waals surface area (Å²) >= 11 is 0. The van der Waals surface area contributed by atoms with Crippen LogP contribution in [0.2, 0.25) is 0 Å². The summed E-state index contributed by atoms with van der Waals surface area (Å²) in [6.07, 6.45) is 9.77. The number of rotatable bonds is 4. The quantitative estimate of drug-likeness (QED) is 0.731. The lowest BCUT2D eigenvalue weighted by Gasteiger charge is -2.32. The van der Waals surface area contributed by atoms with Crippen molar-refractivity contribution in [2.45, 2.75) is 64.8 Å². The topological polar surface area (TPSA) is 26.0 Å². The van der Waals surface area contributed by atoms with Gasteiger partial charge in [0, 0.05) is 6.04 Å². The molecular formula is C13H25N. The molecule has 0 aromatic carbocycles. The third kappa shape index (κ3) is 2.31. The Hall–Kier alpha value is -0.0400. The second-order valence-electron chi connectivity index (χ2n) is 6.17. The summed E-state index contributed by atoms with van der Waals surface area (Å²) in [6.45, 7) is 4.81. The zero-order valence-corrected chi connectivity index (χ0v) is 9.76. The van der Waals surface area contributed by atoms with Gasteiger partial charge in [0.15, 0.2) is 0 Å². The van der Waals surface area contributed by atoms with Gasteiger partial charge in [0.2, 0.25) is 0 Å². The van der Waals surface area contributed by atoms with Crippen molar-refractivity contribution in [2.75, 3.05) is 0 Å². The van der Waals surface area contributed by atoms with Crippen LogP contribution in [0.1, 0.15) is 58.8 Å². The highest BCUT2D eigenvalue weighted by molar-refractivity contribution is 4.91. The highest BCUT2D eigenvalue weighted by atomic mass is 14.7. The fraction of sp³-hybridized carbons (Fsp3) is 1.00. The first-order valence-corrected chi connectivity index (χ1v) is 6.35. The summed E-state index contributed by atoms with van der Waals surface area (Å²) in [6, 6.07) is 0.480. The average molecular weight is 195 g/mol. The fourth-order valence-corrected chi connectivity index (χ4v) is 3.18. The van der Waals surface area contributed by atoms with Crippen LogP contribution in [-0.4, -0.2) is 6.04 Å². The Morgan fingerprint density at radius 2 is 2.00 bits per heavy atom. The van der Waals surface area contributed by atoms with Crippen molar-refractivity contribution < 1.29 is 0 Å². The van der Waals surface area contributed by atoms with Crippen LogP contribution in [-0.2, 0) is 0 Å². The maximum absolute atomic E-state index is 6.33. The minimum atomic E-state index is 0.480. The molecule has 0 radical (unpaired) electrons. The number of hydrogen-bond acceptors (Lipinski definition) is 1. The number of hydrogen-bond donors (Lipinski definition) is 1. The van der Waals surface area contributed by atoms with Gasteiger partial charge in [-0.2, -0.15) is 0 Å². The summed E-state index contributed by atoms with van der Waals surface area (Å²) < 4.78 is 0. The Balaban J connectivity index is 1.80. The second kappa shape index (κ2) is 3.84. The van der Waals surface area contributed by atoms with Gasteiger partial charge < -0.3 is 5.73 Å². The molecule has 2 N–H and O–H groups in total. The first-order valence-electron chi connectivity index (χ1n) is 6.35. The largest absolute Gasteiger partial charge is 0.327 e. The molecule has 0 aliphatic heterocycles. The van der Waals surface area contributed by atoms with Crippen molar-refractivity contribution in [3.8, 4) is 0 Å². The molecule has 0 saturated heterocycles. The molecule has 1 heteroatoms. The molecule has 82 valence electrons. The van der Waals surface area contributed by atoms with Crippen LogP contribution in [0.3, 0.4) is 0 Å². The SMILES string of the molecule is CC1(C)CCCC1C(N)CCC1CC1. The molecule has 2 aliphatic carbocycles. The van der Waals surface area contributed by atoms with E-state index in [1.165, 1.54) is 44.9 Å². The van der Waals surface area contributed by atoms with E-state index >= 15 is 0 Å². The van der Waals surface area contributed by atoms with Gasteiger partial charge in [0.25, 0.3) is 0 Å². The molecule has 0 amide bonds. The Kier molecular flexibility index (Phi) is 2.88. The standard InChI is InChI=1S/C13H25N/c1-13(2)9-3-4-11(13)12(14)8-7-10-5-6-10/h10-12H,3-9,14H2,1-2H3. The molecule has 2 rings (SSSR count). The van der Waals surface area contributed by atoms with Gasteiger partial charge in [0.1, 0.15) is 0 Å². The van der Waals surface area contributed by atoms with Gasteiger partial charge in [-0.1, -0.05) is 33.1 Å². The van der Waals surface area contributed by atoms with E-state index < -0.39 is 0 Å². The van der Waals surface area contributed by atoms with Crippen LogP contribution in [0, 0.1) is 17.3 Å². The van der Waals surface area contributed by atoms with Crippen molar-refractivity contribution in [1.82, 2.24) is 0 Å². The normalized spacial score (nSPS) is 33.2. The van der Waals surface area contributed by atoms with Crippen LogP contribution in [0.5, 0.6) is 0 Å². The third-order valence-corrected chi connectivity index (χ3v) is 4.46. The molecule has 0 heterocycles. The summed E-state index contributed by atoms with van der Waals surface area (Å²) in [7, 11) is 0. The molecule has 2 aliphatic rings. The zero-order valence-electron chi connectivity index (χ0n) is 9.76. The molecule has 0 bridgehead atoms. The highest BCUT2D eigenvalue weighted by Crippen LogP contribution is 2.45. The summed E-state index contributed by atoms with van der Waals surface area (Å²) in [4.78, 5) is 0. The lowest BCUT2D eigenvalue weighted by molar-refractivity contribution is 0.211. The van der Waals surface area contributed by atoms with Gasteiger partial charge in [-0.25, -0.2) is 0 Å². The summed E-state index contributed by atoms with van der Waals surface area (Å²) in [5.41, 5.74) is 6.85. The predicted molar refractivity (Wildman–Crippen MR) is 61.1 cm³/mol. The molecule has 2 unspecified atom stereocenters. The lowest BCUT2D eigenvalue weighted by atomic mass is 9.76. The average Bonchev–Trinajstić information content (AvgIpc) is 2.86. The van der Waals surface area contributed by atoms with Crippen molar-refractivity contribution in [1.29, 1.82) is 0 Å². The maximum Gasteiger partial charge on any atom is 0.00723 e. The van der Waals surface area contributed by atoms with Gasteiger partial charge in [-0.05, 0) is 42.9 Å². The van der Waals surface area contributed by atoms with E-state index in [0.717, 1.165) is 11.8 Å². The van der Waals surface area contributed by atoms with E-state index in [-0.39, 0.29) is 0 Å². The Morgan fingerprint density at radius 3 is 2.50 bits per heavy atom.